The fourth-order valence-electron chi connectivity index (χ4n) is 2.22. The summed E-state index contributed by atoms with van der Waals surface area (Å²) < 4.78 is 2.45. The van der Waals surface area contributed by atoms with Gasteiger partial charge in [0.25, 0.3) is 11.4 Å². The molecule has 0 fully saturated rings. The number of amides is 1. The number of hydrogen-bond acceptors (Lipinski definition) is 6. The third kappa shape index (κ3) is 4.18. The minimum absolute atomic E-state index is 0.00682. The fraction of sp³-hybridized carbons (Fsp3) is 0.286. The molecule has 0 spiro atoms. The normalized spacial score (nSPS) is 10.5. The molecule has 0 saturated carbocycles. The summed E-state index contributed by atoms with van der Waals surface area (Å²) in [4.78, 5) is 32.7. The van der Waals surface area contributed by atoms with E-state index >= 15 is 0 Å². The van der Waals surface area contributed by atoms with Crippen molar-refractivity contribution in [1.29, 1.82) is 0 Å². The molecule has 2 rings (SSSR count). The van der Waals surface area contributed by atoms with Crippen LogP contribution in [0, 0.1) is 34.1 Å². The highest BCUT2D eigenvalue weighted by Gasteiger charge is 2.23. The number of hydrogen-bond donors (Lipinski definition) is 1. The quantitative estimate of drug-likeness (QED) is 0.573. The zero-order valence-electron chi connectivity index (χ0n) is 13.4. The van der Waals surface area contributed by atoms with Gasteiger partial charge in [0.15, 0.2) is 0 Å². The van der Waals surface area contributed by atoms with E-state index < -0.39 is 27.1 Å². The molecule has 1 aromatic heterocycles. The third-order valence-electron chi connectivity index (χ3n) is 3.62. The van der Waals surface area contributed by atoms with Crippen molar-refractivity contribution in [3.63, 3.8) is 0 Å². The second-order valence-corrected chi connectivity index (χ2v) is 6.11. The van der Waals surface area contributed by atoms with E-state index in [4.69, 9.17) is 0 Å². The SMILES string of the molecule is Cc1c([N+](=O)[O-])cc(NC(=O)CCn2ncc(Br)c2C)cc1[N+](=O)[O-]. The molecule has 0 atom stereocenters. The molecule has 2 aromatic rings. The van der Waals surface area contributed by atoms with Gasteiger partial charge in [-0.2, -0.15) is 5.10 Å². The van der Waals surface area contributed by atoms with Crippen LogP contribution in [0.1, 0.15) is 17.7 Å². The predicted octanol–water partition coefficient (Wildman–Crippen LogP) is 3.11. The summed E-state index contributed by atoms with van der Waals surface area (Å²) >= 11 is 3.32. The first-order valence-electron chi connectivity index (χ1n) is 7.12. The van der Waals surface area contributed by atoms with E-state index in [2.05, 4.69) is 26.3 Å². The number of nitro benzene ring substituents is 2. The molecule has 1 heterocycles. The Morgan fingerprint density at radius 1 is 1.24 bits per heavy atom. The van der Waals surface area contributed by atoms with Gasteiger partial charge < -0.3 is 5.32 Å². The van der Waals surface area contributed by atoms with E-state index in [1.165, 1.54) is 6.92 Å². The highest BCUT2D eigenvalue weighted by molar-refractivity contribution is 9.10. The van der Waals surface area contributed by atoms with Crippen molar-refractivity contribution in [3.05, 3.63) is 54.3 Å². The number of nitrogens with one attached hydrogen (secondary N) is 1. The van der Waals surface area contributed by atoms with Crippen LogP contribution < -0.4 is 5.32 Å². The average molecular weight is 412 g/mol. The van der Waals surface area contributed by atoms with E-state index in [-0.39, 0.29) is 17.7 Å². The number of benzene rings is 1. The third-order valence-corrected chi connectivity index (χ3v) is 4.40. The number of carbonyl (C=O) groups is 1. The van der Waals surface area contributed by atoms with Crippen LogP contribution in [0.5, 0.6) is 0 Å². The molecule has 0 saturated heterocycles. The van der Waals surface area contributed by atoms with Gasteiger partial charge in [-0.1, -0.05) is 0 Å². The molecule has 1 N–H and O–H groups in total. The molecule has 0 aliphatic rings. The lowest BCUT2D eigenvalue weighted by molar-refractivity contribution is -0.395. The topological polar surface area (TPSA) is 133 Å². The molecule has 0 aliphatic heterocycles. The lowest BCUT2D eigenvalue weighted by Crippen LogP contribution is -2.16. The monoisotopic (exact) mass is 411 g/mol. The maximum atomic E-state index is 12.0. The Balaban J connectivity index is 2.16. The second kappa shape index (κ2) is 7.38. The number of aryl methyl sites for hydroxylation is 1. The van der Waals surface area contributed by atoms with Crippen LogP contribution in [-0.2, 0) is 11.3 Å². The van der Waals surface area contributed by atoms with Crippen LogP contribution in [-0.4, -0.2) is 25.5 Å². The van der Waals surface area contributed by atoms with Crippen molar-refractivity contribution in [2.75, 3.05) is 5.32 Å². The van der Waals surface area contributed by atoms with Crippen molar-refractivity contribution in [1.82, 2.24) is 9.78 Å². The number of nitro groups is 2. The van der Waals surface area contributed by atoms with Crippen LogP contribution in [0.3, 0.4) is 0 Å². The smallest absolute Gasteiger partial charge is 0.281 e. The highest BCUT2D eigenvalue weighted by atomic mass is 79.9. The fourth-order valence-corrected chi connectivity index (χ4v) is 2.51. The number of rotatable bonds is 6. The molecule has 1 amide bonds. The Morgan fingerprint density at radius 2 is 1.80 bits per heavy atom. The Labute approximate surface area is 150 Å². The number of anilines is 1. The molecule has 132 valence electrons. The van der Waals surface area contributed by atoms with Gasteiger partial charge in [-0.15, -0.1) is 0 Å². The van der Waals surface area contributed by atoms with Crippen molar-refractivity contribution in [3.8, 4) is 0 Å². The first kappa shape index (κ1) is 18.5. The van der Waals surface area contributed by atoms with Crippen molar-refractivity contribution in [2.24, 2.45) is 0 Å². The number of carbonyl (C=O) groups excluding carboxylic acids is 1. The summed E-state index contributed by atoms with van der Waals surface area (Å²) in [5.74, 6) is -0.432. The first-order valence-corrected chi connectivity index (χ1v) is 7.91. The molecule has 25 heavy (non-hydrogen) atoms. The predicted molar refractivity (Wildman–Crippen MR) is 92.4 cm³/mol. The molecular formula is C14H14BrN5O5. The standard InChI is InChI=1S/C14H14BrN5O5/c1-8-12(19(22)23)5-10(6-13(8)20(24)25)17-14(21)3-4-18-9(2)11(15)7-16-18/h5-7H,3-4H2,1-2H3,(H,17,21). The summed E-state index contributed by atoms with van der Waals surface area (Å²) in [6.45, 7) is 3.43. The first-order chi connectivity index (χ1) is 11.7. The van der Waals surface area contributed by atoms with Crippen molar-refractivity contribution in [2.45, 2.75) is 26.8 Å². The summed E-state index contributed by atoms with van der Waals surface area (Å²) in [7, 11) is 0. The Hall–Kier alpha value is -2.82. The number of halogens is 1. The van der Waals surface area contributed by atoms with E-state index in [0.29, 0.717) is 6.54 Å². The summed E-state index contributed by atoms with van der Waals surface area (Å²) in [5, 5.41) is 28.6. The van der Waals surface area contributed by atoms with E-state index in [0.717, 1.165) is 22.3 Å². The van der Waals surface area contributed by atoms with Gasteiger partial charge in [-0.25, -0.2) is 0 Å². The van der Waals surface area contributed by atoms with E-state index in [9.17, 15) is 25.0 Å². The van der Waals surface area contributed by atoms with Gasteiger partial charge in [0, 0.05) is 24.2 Å². The zero-order chi connectivity index (χ0) is 18.7. The average Bonchev–Trinajstić information content (AvgIpc) is 2.85. The lowest BCUT2D eigenvalue weighted by Gasteiger charge is -2.08. The van der Waals surface area contributed by atoms with Gasteiger partial charge in [0.1, 0.15) is 5.56 Å². The van der Waals surface area contributed by atoms with Crippen LogP contribution in [0.15, 0.2) is 22.8 Å². The van der Waals surface area contributed by atoms with Crippen LogP contribution >= 0.6 is 15.9 Å². The van der Waals surface area contributed by atoms with Crippen LogP contribution in [0.25, 0.3) is 0 Å². The van der Waals surface area contributed by atoms with Crippen molar-refractivity contribution >= 4 is 38.9 Å². The van der Waals surface area contributed by atoms with Crippen LogP contribution in [0.4, 0.5) is 17.1 Å². The zero-order valence-corrected chi connectivity index (χ0v) is 14.9. The minimum Gasteiger partial charge on any atom is -0.326 e. The molecule has 0 bridgehead atoms. The highest BCUT2D eigenvalue weighted by Crippen LogP contribution is 2.31. The molecule has 10 nitrogen and oxygen atoms in total. The summed E-state index contributed by atoms with van der Waals surface area (Å²) in [6, 6.07) is 2.21. The van der Waals surface area contributed by atoms with Gasteiger partial charge in [-0.05, 0) is 29.8 Å². The van der Waals surface area contributed by atoms with E-state index in [1.807, 2.05) is 6.92 Å². The lowest BCUT2D eigenvalue weighted by atomic mass is 10.1. The maximum Gasteiger partial charge on any atom is 0.281 e. The molecule has 0 radical (unpaired) electrons. The second-order valence-electron chi connectivity index (χ2n) is 5.25. The molecule has 11 heteroatoms. The summed E-state index contributed by atoms with van der Waals surface area (Å²) in [5.41, 5.74) is -0.0421. The Kier molecular flexibility index (Phi) is 5.47. The molecule has 1 aromatic carbocycles. The van der Waals surface area contributed by atoms with Crippen molar-refractivity contribution < 1.29 is 14.6 Å². The minimum atomic E-state index is -0.720. The van der Waals surface area contributed by atoms with Crippen LogP contribution in [0.2, 0.25) is 0 Å². The van der Waals surface area contributed by atoms with Gasteiger partial charge in [-0.3, -0.25) is 29.7 Å². The van der Waals surface area contributed by atoms with E-state index in [1.54, 1.807) is 10.9 Å². The Bertz CT molecular complexity index is 828. The maximum absolute atomic E-state index is 12.0. The number of nitrogens with zero attached hydrogens (tertiary/aromatic N) is 4. The number of aromatic nitrogens is 2. The van der Waals surface area contributed by atoms with Gasteiger partial charge >= 0.3 is 0 Å². The molecule has 0 unspecified atom stereocenters. The largest absolute Gasteiger partial charge is 0.326 e. The Morgan fingerprint density at radius 3 is 2.24 bits per heavy atom. The molecule has 0 aliphatic carbocycles. The molecular weight excluding hydrogens is 398 g/mol. The summed E-state index contributed by atoms with van der Waals surface area (Å²) in [6.07, 6.45) is 1.67. The van der Waals surface area contributed by atoms with Gasteiger partial charge in [0.05, 0.1) is 32.7 Å². The van der Waals surface area contributed by atoms with Gasteiger partial charge in [0.2, 0.25) is 5.91 Å².